The summed E-state index contributed by atoms with van der Waals surface area (Å²) < 4.78 is 26.4. The zero-order chi connectivity index (χ0) is 21.6. The highest BCUT2D eigenvalue weighted by Crippen LogP contribution is 2.38. The van der Waals surface area contributed by atoms with Crippen molar-refractivity contribution in [3.05, 3.63) is 69.3 Å². The normalized spacial score (nSPS) is 11.6. The largest absolute Gasteiger partial charge is 0.507 e. The third-order valence-corrected chi connectivity index (χ3v) is 4.35. The summed E-state index contributed by atoms with van der Waals surface area (Å²) in [5, 5.41) is 9.88. The van der Waals surface area contributed by atoms with Crippen molar-refractivity contribution in [3.8, 4) is 0 Å². The number of ketones is 1. The zero-order valence-corrected chi connectivity index (χ0v) is 17.4. The Kier molecular flexibility index (Phi) is 8.35. The molecule has 0 spiro atoms. The first kappa shape index (κ1) is 23.3. The van der Waals surface area contributed by atoms with Gasteiger partial charge in [-0.3, -0.25) is 4.79 Å². The Morgan fingerprint density at radius 3 is 2.04 bits per heavy atom. The molecule has 5 heteroatoms. The minimum Gasteiger partial charge on any atom is -0.507 e. The average molecular weight is 389 g/mol. The number of hydrogen-bond donors (Lipinski definition) is 2. The summed E-state index contributed by atoms with van der Waals surface area (Å²) >= 11 is 0. The number of carbonyl (C=O) groups is 1. The maximum absolute atomic E-state index is 13.8. The number of Topliss-reactive ketones (excluding diaryl/α,β-unsaturated/α-hetero) is 1. The van der Waals surface area contributed by atoms with Crippen LogP contribution in [0.3, 0.4) is 0 Å². The number of rotatable bonds is 2. The van der Waals surface area contributed by atoms with Crippen molar-refractivity contribution in [2.45, 2.75) is 54.4 Å². The van der Waals surface area contributed by atoms with E-state index < -0.39 is 5.82 Å². The van der Waals surface area contributed by atoms with Gasteiger partial charge in [-0.2, -0.15) is 0 Å². The molecule has 0 atom stereocenters. The predicted molar refractivity (Wildman–Crippen MR) is 112 cm³/mol. The molecule has 0 unspecified atom stereocenters. The number of halogens is 2. The van der Waals surface area contributed by atoms with Crippen molar-refractivity contribution in [1.29, 1.82) is 0 Å². The van der Waals surface area contributed by atoms with Gasteiger partial charge in [-0.25, -0.2) is 8.78 Å². The van der Waals surface area contributed by atoms with Gasteiger partial charge in [0.1, 0.15) is 17.4 Å². The molecule has 0 aliphatic heterocycles. The number of aryl methyl sites for hydroxylation is 2. The first-order valence-electron chi connectivity index (χ1n) is 9.37. The maximum atomic E-state index is 13.8. The van der Waals surface area contributed by atoms with Gasteiger partial charge in [-0.05, 0) is 74.9 Å². The van der Waals surface area contributed by atoms with E-state index in [-0.39, 0.29) is 39.7 Å². The monoisotopic (exact) mass is 389 g/mol. The molecule has 3 N–H and O–H groups in total. The number of allylic oxidation sites excluding steroid dienone is 1. The lowest BCUT2D eigenvalue weighted by Gasteiger charge is -2.11. The molecule has 0 radical (unpaired) electrons. The predicted octanol–water partition coefficient (Wildman–Crippen LogP) is 6.45. The molecule has 2 aromatic rings. The molecule has 3 rings (SSSR count). The maximum Gasteiger partial charge on any atom is 0.160 e. The topological polar surface area (TPSA) is 63.3 Å². The molecule has 1 aliphatic rings. The number of aliphatic hydroxyl groups excluding tert-OH is 1. The van der Waals surface area contributed by atoms with Gasteiger partial charge < -0.3 is 10.8 Å². The molecule has 0 aromatic heterocycles. The SMILES string of the molecule is CC.CC(=O)c1cc(C(O)=C2CC2)c(N)c(F)c1C.Cc1ccc(C)c(F)c1. The van der Waals surface area contributed by atoms with Gasteiger partial charge in [0.15, 0.2) is 5.78 Å². The van der Waals surface area contributed by atoms with Crippen molar-refractivity contribution in [1.82, 2.24) is 0 Å². The number of carbonyl (C=O) groups excluding carboxylic acids is 1. The third kappa shape index (κ3) is 5.65. The number of aliphatic hydroxyl groups is 1. The van der Waals surface area contributed by atoms with E-state index in [9.17, 15) is 18.7 Å². The molecule has 28 heavy (non-hydrogen) atoms. The Labute approximate surface area is 165 Å². The van der Waals surface area contributed by atoms with Crippen molar-refractivity contribution in [2.24, 2.45) is 0 Å². The molecule has 0 heterocycles. The Balaban J connectivity index is 0.000000301. The second-order valence-corrected chi connectivity index (χ2v) is 6.59. The lowest BCUT2D eigenvalue weighted by molar-refractivity contribution is 0.101. The minimum atomic E-state index is -0.625. The summed E-state index contributed by atoms with van der Waals surface area (Å²) in [4.78, 5) is 11.4. The summed E-state index contributed by atoms with van der Waals surface area (Å²) in [5.74, 6) is -0.962. The van der Waals surface area contributed by atoms with E-state index in [2.05, 4.69) is 0 Å². The average Bonchev–Trinajstić information content (AvgIpc) is 3.50. The van der Waals surface area contributed by atoms with Crippen molar-refractivity contribution >= 4 is 17.2 Å². The van der Waals surface area contributed by atoms with E-state index in [1.165, 1.54) is 26.0 Å². The van der Waals surface area contributed by atoms with Crippen LogP contribution in [0.5, 0.6) is 0 Å². The fraction of sp³-hybridized carbons (Fsp3) is 0.348. The van der Waals surface area contributed by atoms with E-state index in [4.69, 9.17) is 5.73 Å². The number of benzene rings is 2. The smallest absolute Gasteiger partial charge is 0.160 e. The van der Waals surface area contributed by atoms with Crippen LogP contribution in [-0.2, 0) is 0 Å². The van der Waals surface area contributed by atoms with Crippen molar-refractivity contribution in [3.63, 3.8) is 0 Å². The van der Waals surface area contributed by atoms with Crippen LogP contribution in [0.15, 0.2) is 29.8 Å². The summed E-state index contributed by atoms with van der Waals surface area (Å²) in [6, 6.07) is 6.69. The molecular weight excluding hydrogens is 360 g/mol. The van der Waals surface area contributed by atoms with Crippen LogP contribution in [0.4, 0.5) is 14.5 Å². The highest BCUT2D eigenvalue weighted by molar-refractivity contribution is 5.97. The first-order valence-corrected chi connectivity index (χ1v) is 9.37. The van der Waals surface area contributed by atoms with E-state index >= 15 is 0 Å². The van der Waals surface area contributed by atoms with Crippen LogP contribution in [0.2, 0.25) is 0 Å². The highest BCUT2D eigenvalue weighted by atomic mass is 19.1. The van der Waals surface area contributed by atoms with Crippen LogP contribution in [0, 0.1) is 32.4 Å². The fourth-order valence-corrected chi connectivity index (χ4v) is 2.52. The molecule has 0 bridgehead atoms. The lowest BCUT2D eigenvalue weighted by Crippen LogP contribution is -2.06. The van der Waals surface area contributed by atoms with Crippen molar-refractivity contribution < 1.29 is 18.7 Å². The molecule has 0 saturated heterocycles. The number of nitrogen functional groups attached to an aromatic ring is 1. The summed E-state index contributed by atoms with van der Waals surface area (Å²) in [6.45, 7) is 10.5. The van der Waals surface area contributed by atoms with Gasteiger partial charge >= 0.3 is 0 Å². The molecule has 1 aliphatic carbocycles. The van der Waals surface area contributed by atoms with Gasteiger partial charge in [-0.15, -0.1) is 0 Å². The van der Waals surface area contributed by atoms with Crippen molar-refractivity contribution in [2.75, 3.05) is 5.73 Å². The number of nitrogens with two attached hydrogens (primary N) is 1. The Hall–Kier alpha value is -2.69. The van der Waals surface area contributed by atoms with Gasteiger partial charge in [0.05, 0.1) is 5.69 Å². The highest BCUT2D eigenvalue weighted by Gasteiger charge is 2.23. The third-order valence-electron chi connectivity index (χ3n) is 4.35. The van der Waals surface area contributed by atoms with Gasteiger partial charge in [-0.1, -0.05) is 26.0 Å². The Morgan fingerprint density at radius 2 is 1.61 bits per heavy atom. The van der Waals surface area contributed by atoms with Gasteiger partial charge in [0, 0.05) is 11.1 Å². The van der Waals surface area contributed by atoms with Crippen LogP contribution < -0.4 is 5.73 Å². The van der Waals surface area contributed by atoms with Gasteiger partial charge in [0.2, 0.25) is 0 Å². The van der Waals surface area contributed by atoms with Crippen LogP contribution in [-0.4, -0.2) is 10.9 Å². The van der Waals surface area contributed by atoms with E-state index in [1.807, 2.05) is 26.8 Å². The summed E-state index contributed by atoms with van der Waals surface area (Å²) in [7, 11) is 0. The molecule has 2 aromatic carbocycles. The standard InChI is InChI=1S/C13H14FNO2.C8H9F.C2H6/c1-6-9(7(2)16)5-10(12(15)11(6)14)13(17)8-3-4-8;1-6-3-4-7(2)8(9)5-6;1-2/h5,17H,3-4,15H2,1-2H3;3-5H,1-2H3;1-2H3. The fourth-order valence-electron chi connectivity index (χ4n) is 2.52. The second kappa shape index (κ2) is 10.0. The summed E-state index contributed by atoms with van der Waals surface area (Å²) in [6.07, 6.45) is 1.60. The van der Waals surface area contributed by atoms with E-state index in [0.717, 1.165) is 24.0 Å². The second-order valence-electron chi connectivity index (χ2n) is 6.59. The van der Waals surface area contributed by atoms with E-state index in [1.54, 1.807) is 13.0 Å². The van der Waals surface area contributed by atoms with Crippen LogP contribution >= 0.6 is 0 Å². The Bertz CT molecular complexity index is 896. The molecule has 3 nitrogen and oxygen atoms in total. The molecule has 152 valence electrons. The Morgan fingerprint density at radius 1 is 1.04 bits per heavy atom. The van der Waals surface area contributed by atoms with E-state index in [0.29, 0.717) is 5.56 Å². The quantitative estimate of drug-likeness (QED) is 0.352. The van der Waals surface area contributed by atoms with Gasteiger partial charge in [0.25, 0.3) is 0 Å². The minimum absolute atomic E-state index is 0.0175. The first-order chi connectivity index (χ1) is 13.1. The molecular formula is C23H29F2NO2. The van der Waals surface area contributed by atoms with Crippen LogP contribution in [0.25, 0.3) is 5.76 Å². The molecule has 1 fully saturated rings. The zero-order valence-electron chi connectivity index (χ0n) is 17.4. The number of hydrogen-bond acceptors (Lipinski definition) is 3. The van der Waals surface area contributed by atoms with Crippen LogP contribution in [0.1, 0.15) is 66.2 Å². The molecule has 0 amide bonds. The summed E-state index contributed by atoms with van der Waals surface area (Å²) in [5.41, 5.74) is 8.80. The molecule has 1 saturated carbocycles. The number of anilines is 1. The lowest BCUT2D eigenvalue weighted by atomic mass is 9.98.